The van der Waals surface area contributed by atoms with Crippen LogP contribution < -0.4 is 32.6 Å². The Kier molecular flexibility index (Phi) is 7.06. The number of hydrogen-bond acceptors (Lipinski definition) is 8. The Labute approximate surface area is 185 Å². The summed E-state index contributed by atoms with van der Waals surface area (Å²) in [6.07, 6.45) is 6.71. The number of pyridine rings is 1. The van der Waals surface area contributed by atoms with Gasteiger partial charge in [-0.1, -0.05) is 0 Å². The van der Waals surface area contributed by atoms with E-state index in [0.29, 0.717) is 41.3 Å². The minimum Gasteiger partial charge on any atom is -0.403 e. The van der Waals surface area contributed by atoms with Gasteiger partial charge < -0.3 is 32.0 Å². The average Bonchev–Trinajstić information content (AvgIpc) is 2.83. The summed E-state index contributed by atoms with van der Waals surface area (Å²) in [6.45, 7) is 0.685. The van der Waals surface area contributed by atoms with Gasteiger partial charge in [-0.15, -0.1) is 0 Å². The van der Waals surface area contributed by atoms with E-state index in [-0.39, 0.29) is 5.69 Å². The summed E-state index contributed by atoms with van der Waals surface area (Å²) in [6, 6.07) is 8.62. The maximum Gasteiger partial charge on any atom is 0.271 e. The van der Waals surface area contributed by atoms with Crippen LogP contribution >= 0.6 is 0 Å². The molecule has 0 unspecified atom stereocenters. The molecule has 1 amide bonds. The molecule has 3 aromatic rings. The number of nitrogens with two attached hydrogens (primary N) is 2. The fourth-order valence-corrected chi connectivity index (χ4v) is 2.92. The first-order valence-corrected chi connectivity index (χ1v) is 9.93. The first-order chi connectivity index (χ1) is 15.4. The van der Waals surface area contributed by atoms with Crippen molar-refractivity contribution in [3.8, 4) is 11.3 Å². The lowest BCUT2D eigenvalue weighted by atomic mass is 10.1. The molecule has 0 spiro atoms. The van der Waals surface area contributed by atoms with Crippen LogP contribution in [0.2, 0.25) is 0 Å². The quantitative estimate of drug-likeness (QED) is 0.359. The second kappa shape index (κ2) is 10.1. The van der Waals surface area contributed by atoms with Gasteiger partial charge in [0.1, 0.15) is 11.5 Å². The van der Waals surface area contributed by atoms with Gasteiger partial charge in [0.15, 0.2) is 0 Å². The molecule has 32 heavy (non-hydrogen) atoms. The smallest absolute Gasteiger partial charge is 0.271 e. The molecule has 7 N–H and O–H groups in total. The van der Waals surface area contributed by atoms with Crippen LogP contribution in [-0.4, -0.2) is 41.5 Å². The van der Waals surface area contributed by atoms with Crippen molar-refractivity contribution in [1.29, 1.82) is 0 Å². The number of nitrogens with one attached hydrogen (secondary N) is 3. The Bertz CT molecular complexity index is 1170. The van der Waals surface area contributed by atoms with E-state index in [2.05, 4.69) is 25.6 Å². The van der Waals surface area contributed by atoms with E-state index in [4.69, 9.17) is 11.5 Å². The van der Waals surface area contributed by atoms with E-state index in [0.717, 1.165) is 5.69 Å². The van der Waals surface area contributed by atoms with E-state index >= 15 is 0 Å². The number of amides is 1. The number of nitrogens with zero attached hydrogens (tertiary/aromatic N) is 3. The third-order valence-corrected chi connectivity index (χ3v) is 4.86. The van der Waals surface area contributed by atoms with Crippen LogP contribution in [0.25, 0.3) is 11.3 Å². The molecule has 166 valence electrons. The molecule has 0 saturated heterocycles. The summed E-state index contributed by atoms with van der Waals surface area (Å²) >= 11 is 0. The Balaban J connectivity index is 1.73. The predicted octanol–water partition coefficient (Wildman–Crippen LogP) is 1.71. The number of carbonyl (C=O) groups excluding carboxylic acids is 1. The summed E-state index contributed by atoms with van der Waals surface area (Å²) in [5.74, 6) is 0.193. The lowest BCUT2D eigenvalue weighted by Crippen LogP contribution is -2.21. The highest BCUT2D eigenvalue weighted by Crippen LogP contribution is 2.19. The van der Waals surface area contributed by atoms with Crippen molar-refractivity contribution in [2.75, 3.05) is 36.2 Å². The largest absolute Gasteiger partial charge is 0.403 e. The minimum absolute atomic E-state index is 0.120. The summed E-state index contributed by atoms with van der Waals surface area (Å²) < 4.78 is 0. The molecule has 0 saturated carbocycles. The molecule has 0 radical (unpaired) electrons. The molecule has 0 bridgehead atoms. The fraction of sp³-hybridized carbons (Fsp3) is 0.182. The van der Waals surface area contributed by atoms with E-state index in [9.17, 15) is 9.59 Å². The number of carbonyl (C=O) groups is 1. The zero-order chi connectivity index (χ0) is 23.1. The van der Waals surface area contributed by atoms with Gasteiger partial charge in [-0.25, -0.2) is 4.98 Å². The third kappa shape index (κ3) is 5.42. The number of H-pyrrole nitrogens is 1. The topological polar surface area (TPSA) is 155 Å². The van der Waals surface area contributed by atoms with E-state index < -0.39 is 11.5 Å². The Hall–Kier alpha value is -4.34. The molecule has 0 aliphatic carbocycles. The van der Waals surface area contributed by atoms with Gasteiger partial charge in [-0.3, -0.25) is 14.6 Å². The van der Waals surface area contributed by atoms with Gasteiger partial charge in [0.25, 0.3) is 11.5 Å². The van der Waals surface area contributed by atoms with Crippen molar-refractivity contribution < 1.29 is 4.79 Å². The average molecular weight is 435 g/mol. The zero-order valence-electron chi connectivity index (χ0n) is 17.9. The molecule has 1 aromatic carbocycles. The van der Waals surface area contributed by atoms with Gasteiger partial charge in [0.05, 0.1) is 18.1 Å². The molecular formula is C22H26N8O2. The van der Waals surface area contributed by atoms with Crippen LogP contribution in [-0.2, 0) is 0 Å². The second-order valence-electron chi connectivity index (χ2n) is 7.08. The van der Waals surface area contributed by atoms with Crippen molar-refractivity contribution in [2.24, 2.45) is 11.5 Å². The maximum absolute atomic E-state index is 12.7. The van der Waals surface area contributed by atoms with Crippen molar-refractivity contribution >= 4 is 23.1 Å². The van der Waals surface area contributed by atoms with Gasteiger partial charge in [-0.05, 0) is 30.3 Å². The van der Waals surface area contributed by atoms with Crippen molar-refractivity contribution in [2.45, 2.75) is 6.42 Å². The first-order valence-electron chi connectivity index (χ1n) is 9.93. The van der Waals surface area contributed by atoms with Gasteiger partial charge in [0, 0.05) is 62.0 Å². The molecule has 0 aliphatic heterocycles. The number of anilines is 3. The van der Waals surface area contributed by atoms with Crippen molar-refractivity contribution in [1.82, 2.24) is 15.0 Å². The molecule has 0 atom stereocenters. The monoisotopic (exact) mass is 434 g/mol. The van der Waals surface area contributed by atoms with Gasteiger partial charge in [0.2, 0.25) is 0 Å². The van der Waals surface area contributed by atoms with Crippen molar-refractivity contribution in [3.05, 3.63) is 76.7 Å². The summed E-state index contributed by atoms with van der Waals surface area (Å²) in [7, 11) is 3.66. The van der Waals surface area contributed by atoms with Crippen LogP contribution in [0.5, 0.6) is 0 Å². The Morgan fingerprint density at radius 1 is 1.25 bits per heavy atom. The molecule has 0 fully saturated rings. The molecule has 10 nitrogen and oxygen atoms in total. The normalized spacial score (nSPS) is 11.1. The number of hydrogen-bond donors (Lipinski definition) is 5. The molecule has 0 aliphatic rings. The van der Waals surface area contributed by atoms with E-state index in [1.54, 1.807) is 37.6 Å². The zero-order valence-corrected chi connectivity index (χ0v) is 17.9. The van der Waals surface area contributed by atoms with Crippen LogP contribution in [0, 0.1) is 0 Å². The Morgan fingerprint density at radius 2 is 2.00 bits per heavy atom. The van der Waals surface area contributed by atoms with E-state index in [1.165, 1.54) is 12.4 Å². The lowest BCUT2D eigenvalue weighted by Gasteiger charge is -2.19. The molecule has 2 heterocycles. The van der Waals surface area contributed by atoms with Gasteiger partial charge >= 0.3 is 0 Å². The number of aromatic nitrogens is 3. The van der Waals surface area contributed by atoms with Gasteiger partial charge in [-0.2, -0.15) is 0 Å². The van der Waals surface area contributed by atoms with Crippen LogP contribution in [0.4, 0.5) is 17.2 Å². The Morgan fingerprint density at radius 3 is 2.69 bits per heavy atom. The number of rotatable bonds is 8. The molecule has 2 aromatic heterocycles. The van der Waals surface area contributed by atoms with Crippen LogP contribution in [0.15, 0.2) is 65.6 Å². The lowest BCUT2D eigenvalue weighted by molar-refractivity contribution is 0.102. The summed E-state index contributed by atoms with van der Waals surface area (Å²) in [4.78, 5) is 38.1. The standard InChI is InChI=1S/C22H26N8O2/c1-25-20-13-26-12-19(28-20)15-9-18(22(32)27-11-15)29-21(31)14-3-5-17(6-4-14)30(2)8-7-16(24)10-23/h3-6,9-13H,7-8,23-24H2,1-2H3,(H,25,28)(H,27,32)(H,29,31)/b16-10-. The van der Waals surface area contributed by atoms with Crippen LogP contribution in [0.1, 0.15) is 16.8 Å². The highest BCUT2D eigenvalue weighted by Gasteiger charge is 2.12. The molecule has 10 heteroatoms. The first kappa shape index (κ1) is 22.3. The summed E-state index contributed by atoms with van der Waals surface area (Å²) in [5, 5.41) is 5.58. The van der Waals surface area contributed by atoms with Crippen molar-refractivity contribution in [3.63, 3.8) is 0 Å². The van der Waals surface area contributed by atoms with Crippen LogP contribution in [0.3, 0.4) is 0 Å². The predicted molar refractivity (Wildman–Crippen MR) is 126 cm³/mol. The fourth-order valence-electron chi connectivity index (χ4n) is 2.92. The maximum atomic E-state index is 12.7. The minimum atomic E-state index is -0.415. The highest BCUT2D eigenvalue weighted by molar-refractivity contribution is 6.04. The SMILES string of the molecule is CNc1cncc(-c2c[nH]c(=O)c(NC(=O)c3ccc(N(C)CC/C(N)=C/N)cc3)c2)n1. The second-order valence-corrected chi connectivity index (χ2v) is 7.08. The highest BCUT2D eigenvalue weighted by atomic mass is 16.2. The molecule has 3 rings (SSSR count). The molecular weight excluding hydrogens is 408 g/mol. The van der Waals surface area contributed by atoms with E-state index in [1.807, 2.05) is 24.1 Å². The number of aromatic amines is 1. The number of benzene rings is 1. The summed E-state index contributed by atoms with van der Waals surface area (Å²) in [5.41, 5.74) is 14.0. The third-order valence-electron chi connectivity index (χ3n) is 4.86.